The molecule has 1 aliphatic rings. The number of β-amino-alcohol motifs (C(OH)–C–C–N with tert-alkyl or cyclic N) is 1. The predicted molar refractivity (Wildman–Crippen MR) is 69.0 cm³/mol. The minimum absolute atomic E-state index is 0.0405. The molecule has 1 aliphatic heterocycles. The predicted octanol–water partition coefficient (Wildman–Crippen LogP) is -1.09. The van der Waals surface area contributed by atoms with Crippen LogP contribution in [0.5, 0.6) is 0 Å². The van der Waals surface area contributed by atoms with Crippen LogP contribution in [0.3, 0.4) is 0 Å². The molecule has 1 aromatic rings. The van der Waals surface area contributed by atoms with Gasteiger partial charge in [-0.05, 0) is 18.6 Å². The Morgan fingerprint density at radius 1 is 1.40 bits per heavy atom. The Balaban J connectivity index is 2.23. The van der Waals surface area contributed by atoms with Gasteiger partial charge in [0, 0.05) is 6.54 Å². The number of carbonyl (C=O) groups excluding carboxylic acids is 2. The van der Waals surface area contributed by atoms with Crippen molar-refractivity contribution >= 4 is 21.8 Å². The Kier molecular flexibility index (Phi) is 3.78. The van der Waals surface area contributed by atoms with Crippen LogP contribution in [-0.2, 0) is 19.6 Å². The Hall–Kier alpha value is -1.93. The molecule has 0 aromatic heterocycles. The zero-order chi connectivity index (χ0) is 14.9. The van der Waals surface area contributed by atoms with E-state index >= 15 is 0 Å². The van der Waals surface area contributed by atoms with Crippen molar-refractivity contribution in [3.8, 4) is 0 Å². The summed E-state index contributed by atoms with van der Waals surface area (Å²) in [5, 5.41) is 11.8. The van der Waals surface area contributed by atoms with Crippen LogP contribution < -0.4 is 10.0 Å². The van der Waals surface area contributed by atoms with Crippen molar-refractivity contribution in [1.82, 2.24) is 10.0 Å². The average molecular weight is 298 g/mol. The number of amides is 2. The molecule has 0 aliphatic carbocycles. The molecule has 3 N–H and O–H groups in total. The van der Waals surface area contributed by atoms with Gasteiger partial charge in [0.05, 0.1) is 11.0 Å². The molecule has 108 valence electrons. The zero-order valence-electron chi connectivity index (χ0n) is 10.7. The van der Waals surface area contributed by atoms with Gasteiger partial charge in [-0.1, -0.05) is 18.2 Å². The van der Waals surface area contributed by atoms with Gasteiger partial charge < -0.3 is 10.4 Å². The summed E-state index contributed by atoms with van der Waals surface area (Å²) in [5.74, 6) is -3.13. The summed E-state index contributed by atoms with van der Waals surface area (Å²) in [6.45, 7) is 1.53. The van der Waals surface area contributed by atoms with E-state index in [0.717, 1.165) is 0 Å². The number of hydrogen-bond acceptors (Lipinski definition) is 5. The van der Waals surface area contributed by atoms with Crippen molar-refractivity contribution in [2.75, 3.05) is 6.54 Å². The fourth-order valence-electron chi connectivity index (χ4n) is 2.01. The number of carbonyl (C=O) groups is 2. The van der Waals surface area contributed by atoms with Gasteiger partial charge in [-0.25, -0.2) is 13.1 Å². The molecule has 2 amide bonds. The Labute approximate surface area is 116 Å². The summed E-state index contributed by atoms with van der Waals surface area (Å²) >= 11 is 0. The second-order valence-corrected chi connectivity index (χ2v) is 6.18. The highest BCUT2D eigenvalue weighted by Crippen LogP contribution is 2.16. The summed E-state index contributed by atoms with van der Waals surface area (Å²) in [4.78, 5) is 23.2. The molecule has 1 aromatic carbocycles. The van der Waals surface area contributed by atoms with Crippen molar-refractivity contribution in [1.29, 1.82) is 0 Å². The first-order valence-corrected chi connectivity index (χ1v) is 7.39. The summed E-state index contributed by atoms with van der Waals surface area (Å²) in [6, 6.07) is 6.15. The summed E-state index contributed by atoms with van der Waals surface area (Å²) in [7, 11) is -4.07. The minimum Gasteiger partial charge on any atom is -0.390 e. The van der Waals surface area contributed by atoms with Crippen LogP contribution in [0.4, 0.5) is 0 Å². The van der Waals surface area contributed by atoms with Crippen LogP contribution in [0.2, 0.25) is 0 Å². The maximum atomic E-state index is 12.1. The molecule has 7 nitrogen and oxygen atoms in total. The first kappa shape index (κ1) is 14.5. The second kappa shape index (κ2) is 5.22. The average Bonchev–Trinajstić information content (AvgIpc) is 2.68. The SMILES string of the molecule is Cc1ccccc1S(=O)(=O)NC(=O)C1C(=O)NCC1O. The molecule has 2 unspecified atom stereocenters. The van der Waals surface area contributed by atoms with E-state index in [-0.39, 0.29) is 11.4 Å². The number of nitrogens with one attached hydrogen (secondary N) is 2. The van der Waals surface area contributed by atoms with Gasteiger partial charge in [0.15, 0.2) is 0 Å². The van der Waals surface area contributed by atoms with Crippen LogP contribution in [0.25, 0.3) is 0 Å². The molecule has 20 heavy (non-hydrogen) atoms. The van der Waals surface area contributed by atoms with E-state index in [9.17, 15) is 23.1 Å². The van der Waals surface area contributed by atoms with Gasteiger partial charge in [-0.2, -0.15) is 0 Å². The van der Waals surface area contributed by atoms with E-state index in [0.29, 0.717) is 5.56 Å². The van der Waals surface area contributed by atoms with Crippen molar-refractivity contribution in [3.63, 3.8) is 0 Å². The highest BCUT2D eigenvalue weighted by atomic mass is 32.2. The molecule has 0 spiro atoms. The Bertz CT molecular complexity index is 656. The molecule has 0 saturated carbocycles. The van der Waals surface area contributed by atoms with E-state index in [2.05, 4.69) is 5.32 Å². The number of hydrogen-bond donors (Lipinski definition) is 3. The lowest BCUT2D eigenvalue weighted by molar-refractivity contribution is -0.134. The topological polar surface area (TPSA) is 113 Å². The Morgan fingerprint density at radius 2 is 2.05 bits per heavy atom. The normalized spacial score (nSPS) is 22.4. The molecular formula is C12H14N2O5S. The third kappa shape index (κ3) is 2.66. The van der Waals surface area contributed by atoms with E-state index in [1.807, 2.05) is 4.72 Å². The van der Waals surface area contributed by atoms with Crippen LogP contribution in [-0.4, -0.2) is 38.0 Å². The maximum absolute atomic E-state index is 12.1. The Morgan fingerprint density at radius 3 is 2.60 bits per heavy atom. The number of aryl methyl sites for hydroxylation is 1. The van der Waals surface area contributed by atoms with Crippen LogP contribution in [0.15, 0.2) is 29.2 Å². The van der Waals surface area contributed by atoms with Gasteiger partial charge in [0.1, 0.15) is 5.92 Å². The lowest BCUT2D eigenvalue weighted by atomic mass is 10.1. The zero-order valence-corrected chi connectivity index (χ0v) is 11.5. The molecular weight excluding hydrogens is 284 g/mol. The number of aliphatic hydroxyl groups excluding tert-OH is 1. The van der Waals surface area contributed by atoms with Crippen molar-refractivity contribution in [2.24, 2.45) is 5.92 Å². The van der Waals surface area contributed by atoms with Crippen LogP contribution in [0, 0.1) is 12.8 Å². The smallest absolute Gasteiger partial charge is 0.264 e. The molecule has 2 atom stereocenters. The fraction of sp³-hybridized carbons (Fsp3) is 0.333. The van der Waals surface area contributed by atoms with Crippen molar-refractivity contribution in [2.45, 2.75) is 17.9 Å². The summed E-state index contributed by atoms with van der Waals surface area (Å²) < 4.78 is 26.0. The summed E-state index contributed by atoms with van der Waals surface area (Å²) in [5.41, 5.74) is 0.476. The summed E-state index contributed by atoms with van der Waals surface area (Å²) in [6.07, 6.45) is -1.23. The fourth-order valence-corrected chi connectivity index (χ4v) is 3.26. The van der Waals surface area contributed by atoms with Gasteiger partial charge in [0.2, 0.25) is 11.8 Å². The first-order chi connectivity index (χ1) is 9.33. The van der Waals surface area contributed by atoms with Gasteiger partial charge in [-0.3, -0.25) is 9.59 Å². The molecule has 2 rings (SSSR count). The minimum atomic E-state index is -4.07. The molecule has 0 bridgehead atoms. The van der Waals surface area contributed by atoms with E-state index < -0.39 is 33.9 Å². The van der Waals surface area contributed by atoms with Crippen molar-refractivity contribution in [3.05, 3.63) is 29.8 Å². The second-order valence-electron chi connectivity index (χ2n) is 4.53. The number of rotatable bonds is 3. The number of aliphatic hydroxyl groups is 1. The van der Waals surface area contributed by atoms with Crippen LogP contribution in [0.1, 0.15) is 5.56 Å². The quantitative estimate of drug-likeness (QED) is 0.614. The molecule has 0 radical (unpaired) electrons. The van der Waals surface area contributed by atoms with E-state index in [1.54, 1.807) is 19.1 Å². The highest BCUT2D eigenvalue weighted by Gasteiger charge is 2.40. The molecule has 1 fully saturated rings. The molecule has 8 heteroatoms. The third-order valence-corrected chi connectivity index (χ3v) is 4.56. The van der Waals surface area contributed by atoms with Crippen molar-refractivity contribution < 1.29 is 23.1 Å². The number of benzene rings is 1. The van der Waals surface area contributed by atoms with Gasteiger partial charge in [0.25, 0.3) is 10.0 Å². The standard InChI is InChI=1S/C12H14N2O5S/c1-7-4-2-3-5-9(7)20(18,19)14-12(17)10-8(15)6-13-11(10)16/h2-5,8,10,15H,6H2,1H3,(H,13,16)(H,14,17). The maximum Gasteiger partial charge on any atom is 0.264 e. The largest absolute Gasteiger partial charge is 0.390 e. The lowest BCUT2D eigenvalue weighted by Gasteiger charge is -2.13. The van der Waals surface area contributed by atoms with Gasteiger partial charge in [-0.15, -0.1) is 0 Å². The molecule has 1 heterocycles. The monoisotopic (exact) mass is 298 g/mol. The van der Waals surface area contributed by atoms with Gasteiger partial charge >= 0.3 is 0 Å². The number of sulfonamides is 1. The molecule has 1 saturated heterocycles. The van der Waals surface area contributed by atoms with Crippen LogP contribution >= 0.6 is 0 Å². The third-order valence-electron chi connectivity index (χ3n) is 3.05. The highest BCUT2D eigenvalue weighted by molar-refractivity contribution is 7.90. The lowest BCUT2D eigenvalue weighted by Crippen LogP contribution is -2.42. The van der Waals surface area contributed by atoms with E-state index in [1.165, 1.54) is 12.1 Å². The van der Waals surface area contributed by atoms with E-state index in [4.69, 9.17) is 0 Å². The first-order valence-electron chi connectivity index (χ1n) is 5.91.